The van der Waals surface area contributed by atoms with E-state index in [0.29, 0.717) is 5.92 Å². The first-order chi connectivity index (χ1) is 6.25. The Balaban J connectivity index is 2.16. The monoisotopic (exact) mass is 180 g/mol. The summed E-state index contributed by atoms with van der Waals surface area (Å²) in [5, 5.41) is 0. The first-order valence-corrected chi connectivity index (χ1v) is 4.62. The molecule has 70 valence electrons. The third-order valence-electron chi connectivity index (χ3n) is 2.67. The van der Waals surface area contributed by atoms with Crippen LogP contribution < -0.4 is 5.73 Å². The molecule has 0 aliphatic heterocycles. The maximum atomic E-state index is 12.8. The Morgan fingerprint density at radius 2 is 2.23 bits per heavy atom. The Morgan fingerprint density at radius 1 is 1.38 bits per heavy atom. The second kappa shape index (κ2) is 3.42. The predicted molar refractivity (Wildman–Crippen MR) is 48.8 cm³/mol. The summed E-state index contributed by atoms with van der Waals surface area (Å²) in [6.07, 6.45) is 6.04. The highest BCUT2D eigenvalue weighted by Gasteiger charge is 2.23. The maximum Gasteiger partial charge on any atom is 0.141 e. The van der Waals surface area contributed by atoms with Gasteiger partial charge in [0.05, 0.1) is 6.20 Å². The second-order valence-electron chi connectivity index (χ2n) is 3.71. The fourth-order valence-electron chi connectivity index (χ4n) is 1.97. The predicted octanol–water partition coefficient (Wildman–Crippen LogP) is 1.82. The van der Waals surface area contributed by atoms with Crippen LogP contribution in [0.3, 0.4) is 0 Å². The van der Waals surface area contributed by atoms with E-state index in [1.54, 1.807) is 12.3 Å². The Hall–Kier alpha value is -0.960. The first kappa shape index (κ1) is 8.63. The van der Waals surface area contributed by atoms with Crippen LogP contribution in [0, 0.1) is 5.82 Å². The molecule has 0 aromatic carbocycles. The lowest BCUT2D eigenvalue weighted by Crippen LogP contribution is -2.14. The van der Waals surface area contributed by atoms with Gasteiger partial charge in [0, 0.05) is 12.2 Å². The Kier molecular flexibility index (Phi) is 2.27. The standard InChI is InChI=1S/C10H13FN2/c11-9-3-8(5-13-6-9)7-1-2-10(12)4-7/h3,5-7,10H,1-2,4,12H2. The lowest BCUT2D eigenvalue weighted by molar-refractivity contribution is 0.608. The Bertz CT molecular complexity index is 301. The van der Waals surface area contributed by atoms with Gasteiger partial charge in [0.1, 0.15) is 5.82 Å². The molecule has 0 radical (unpaired) electrons. The number of halogens is 1. The third-order valence-corrected chi connectivity index (χ3v) is 2.67. The molecule has 13 heavy (non-hydrogen) atoms. The summed E-state index contributed by atoms with van der Waals surface area (Å²) < 4.78 is 12.8. The van der Waals surface area contributed by atoms with Crippen molar-refractivity contribution in [3.05, 3.63) is 29.8 Å². The quantitative estimate of drug-likeness (QED) is 0.716. The summed E-state index contributed by atoms with van der Waals surface area (Å²) in [5.41, 5.74) is 6.78. The van der Waals surface area contributed by atoms with Crippen LogP contribution in [-0.2, 0) is 0 Å². The van der Waals surface area contributed by atoms with Crippen LogP contribution in [0.4, 0.5) is 4.39 Å². The molecule has 1 heterocycles. The molecule has 0 spiro atoms. The molecular weight excluding hydrogens is 167 g/mol. The fourth-order valence-corrected chi connectivity index (χ4v) is 1.97. The summed E-state index contributed by atoms with van der Waals surface area (Å²) >= 11 is 0. The Labute approximate surface area is 77.0 Å². The van der Waals surface area contributed by atoms with E-state index >= 15 is 0 Å². The van der Waals surface area contributed by atoms with E-state index in [9.17, 15) is 4.39 Å². The fraction of sp³-hybridized carbons (Fsp3) is 0.500. The van der Waals surface area contributed by atoms with Crippen molar-refractivity contribution >= 4 is 0 Å². The molecule has 2 N–H and O–H groups in total. The van der Waals surface area contributed by atoms with Crippen LogP contribution in [0.15, 0.2) is 18.5 Å². The topological polar surface area (TPSA) is 38.9 Å². The summed E-state index contributed by atoms with van der Waals surface area (Å²) in [5.74, 6) is 0.163. The van der Waals surface area contributed by atoms with E-state index in [4.69, 9.17) is 5.73 Å². The highest BCUT2D eigenvalue weighted by atomic mass is 19.1. The maximum absolute atomic E-state index is 12.8. The van der Waals surface area contributed by atoms with Crippen molar-refractivity contribution in [3.63, 3.8) is 0 Å². The molecule has 0 amide bonds. The third kappa shape index (κ3) is 1.86. The lowest BCUT2D eigenvalue weighted by Gasteiger charge is -2.08. The minimum absolute atomic E-state index is 0.252. The van der Waals surface area contributed by atoms with Crippen molar-refractivity contribution in [2.45, 2.75) is 31.2 Å². The van der Waals surface area contributed by atoms with E-state index in [2.05, 4.69) is 4.98 Å². The number of hydrogen-bond donors (Lipinski definition) is 1. The van der Waals surface area contributed by atoms with E-state index in [1.807, 2.05) is 0 Å². The molecule has 1 aliphatic rings. The van der Waals surface area contributed by atoms with Crippen molar-refractivity contribution in [2.24, 2.45) is 5.73 Å². The molecule has 2 atom stereocenters. The van der Waals surface area contributed by atoms with Gasteiger partial charge in [-0.15, -0.1) is 0 Å². The van der Waals surface area contributed by atoms with Gasteiger partial charge in [0.2, 0.25) is 0 Å². The molecule has 1 saturated carbocycles. The van der Waals surface area contributed by atoms with Gasteiger partial charge in [0.25, 0.3) is 0 Å². The molecule has 1 aromatic rings. The minimum atomic E-state index is -0.252. The normalized spacial score (nSPS) is 27.8. The summed E-state index contributed by atoms with van der Waals surface area (Å²) in [6.45, 7) is 0. The van der Waals surface area contributed by atoms with E-state index in [-0.39, 0.29) is 11.9 Å². The van der Waals surface area contributed by atoms with Gasteiger partial charge < -0.3 is 5.73 Å². The zero-order chi connectivity index (χ0) is 9.26. The van der Waals surface area contributed by atoms with Gasteiger partial charge in [-0.2, -0.15) is 0 Å². The van der Waals surface area contributed by atoms with Crippen LogP contribution in [0.2, 0.25) is 0 Å². The largest absolute Gasteiger partial charge is 0.328 e. The first-order valence-electron chi connectivity index (χ1n) is 4.62. The van der Waals surface area contributed by atoms with Gasteiger partial charge in [-0.1, -0.05) is 0 Å². The van der Waals surface area contributed by atoms with Crippen molar-refractivity contribution < 1.29 is 4.39 Å². The molecule has 2 nitrogen and oxygen atoms in total. The van der Waals surface area contributed by atoms with Crippen LogP contribution >= 0.6 is 0 Å². The average molecular weight is 180 g/mol. The number of pyridine rings is 1. The number of hydrogen-bond acceptors (Lipinski definition) is 2. The zero-order valence-corrected chi connectivity index (χ0v) is 7.41. The van der Waals surface area contributed by atoms with Gasteiger partial charge in [0.15, 0.2) is 0 Å². The van der Waals surface area contributed by atoms with Gasteiger partial charge in [-0.3, -0.25) is 4.98 Å². The van der Waals surface area contributed by atoms with Crippen LogP contribution in [0.5, 0.6) is 0 Å². The van der Waals surface area contributed by atoms with Crippen molar-refractivity contribution in [3.8, 4) is 0 Å². The van der Waals surface area contributed by atoms with Gasteiger partial charge in [-0.05, 0) is 36.8 Å². The highest BCUT2D eigenvalue weighted by Crippen LogP contribution is 2.33. The van der Waals surface area contributed by atoms with Gasteiger partial charge >= 0.3 is 0 Å². The molecule has 2 unspecified atom stereocenters. The number of nitrogens with two attached hydrogens (primary N) is 1. The molecule has 0 saturated heterocycles. The highest BCUT2D eigenvalue weighted by molar-refractivity contribution is 5.17. The van der Waals surface area contributed by atoms with E-state index in [1.165, 1.54) is 6.20 Å². The minimum Gasteiger partial charge on any atom is -0.328 e. The molecular formula is C10H13FN2. The molecule has 3 heteroatoms. The van der Waals surface area contributed by atoms with Crippen LogP contribution in [0.25, 0.3) is 0 Å². The van der Waals surface area contributed by atoms with Crippen LogP contribution in [0.1, 0.15) is 30.7 Å². The van der Waals surface area contributed by atoms with E-state index in [0.717, 1.165) is 24.8 Å². The number of rotatable bonds is 1. The van der Waals surface area contributed by atoms with E-state index < -0.39 is 0 Å². The number of aromatic nitrogens is 1. The smallest absolute Gasteiger partial charge is 0.141 e. The summed E-state index contributed by atoms with van der Waals surface area (Å²) in [4.78, 5) is 3.84. The molecule has 0 bridgehead atoms. The lowest BCUT2D eigenvalue weighted by atomic mass is 9.99. The van der Waals surface area contributed by atoms with Gasteiger partial charge in [-0.25, -0.2) is 4.39 Å². The molecule has 1 aromatic heterocycles. The summed E-state index contributed by atoms with van der Waals surface area (Å²) in [7, 11) is 0. The van der Waals surface area contributed by atoms with Crippen LogP contribution in [-0.4, -0.2) is 11.0 Å². The molecule has 1 fully saturated rings. The summed E-state index contributed by atoms with van der Waals surface area (Å²) in [6, 6.07) is 1.85. The van der Waals surface area contributed by atoms with Crippen molar-refractivity contribution in [1.29, 1.82) is 0 Å². The number of nitrogens with zero attached hydrogens (tertiary/aromatic N) is 1. The molecule has 2 rings (SSSR count). The van der Waals surface area contributed by atoms with Crippen molar-refractivity contribution in [2.75, 3.05) is 0 Å². The molecule has 1 aliphatic carbocycles. The SMILES string of the molecule is NC1CCC(c2cncc(F)c2)C1. The Morgan fingerprint density at radius 3 is 2.85 bits per heavy atom. The van der Waals surface area contributed by atoms with Crippen molar-refractivity contribution in [1.82, 2.24) is 4.98 Å². The average Bonchev–Trinajstić information content (AvgIpc) is 2.52. The zero-order valence-electron chi connectivity index (χ0n) is 7.41. The second-order valence-corrected chi connectivity index (χ2v) is 3.71.